The molecule has 6 heteroatoms. The van der Waals surface area contributed by atoms with E-state index < -0.39 is 57.3 Å². The van der Waals surface area contributed by atoms with Gasteiger partial charge in [0.05, 0.1) is 30.1 Å². The average molecular weight is 439 g/mol. The maximum atomic E-state index is 14.0. The summed E-state index contributed by atoms with van der Waals surface area (Å²) >= 11 is 0. The predicted molar refractivity (Wildman–Crippen MR) is 116 cm³/mol. The molecule has 1 heterocycles. The van der Waals surface area contributed by atoms with Gasteiger partial charge in [0.2, 0.25) is 11.6 Å². The number of Topliss-reactive ketones (excluding diaryl/α,β-unsaturated/α-hetero) is 2. The van der Waals surface area contributed by atoms with E-state index in [-0.39, 0.29) is 5.78 Å². The number of carbonyl (C=O) groups excluding carboxylic acids is 3. The van der Waals surface area contributed by atoms with Gasteiger partial charge >= 0.3 is 0 Å². The van der Waals surface area contributed by atoms with Crippen LogP contribution in [0.5, 0.6) is 0 Å². The van der Waals surface area contributed by atoms with Crippen LogP contribution in [0.1, 0.15) is 53.0 Å². The summed E-state index contributed by atoms with van der Waals surface area (Å²) in [4.78, 5) is 40.4. The number of rotatable bonds is 1. The standard InChI is InChI=1S/C26H30O6/c1-23(2)17(28)6-8-24(3)20-16(27)11-15-14(13-7-9-32-12-13)10-18(29)25(15,4)26(20,5)22(31)19(30)21(23)24/h6-9,12,16,18,20-21,27,29H,10-11H2,1-5H3/t16?,18?,20?,21?,24-,25+,26+/m1/s1. The molecule has 1 aromatic rings. The van der Waals surface area contributed by atoms with Gasteiger partial charge < -0.3 is 14.6 Å². The Balaban J connectivity index is 1.78. The van der Waals surface area contributed by atoms with Gasteiger partial charge in [0, 0.05) is 33.6 Å². The Morgan fingerprint density at radius 2 is 1.69 bits per heavy atom. The van der Waals surface area contributed by atoms with E-state index in [4.69, 9.17) is 4.42 Å². The largest absolute Gasteiger partial charge is 0.472 e. The summed E-state index contributed by atoms with van der Waals surface area (Å²) < 4.78 is 5.25. The van der Waals surface area contributed by atoms with E-state index in [2.05, 4.69) is 0 Å². The fourth-order valence-corrected chi connectivity index (χ4v) is 7.97. The zero-order chi connectivity index (χ0) is 23.4. The third kappa shape index (κ3) is 2.15. The highest BCUT2D eigenvalue weighted by molar-refractivity contribution is 6.42. The first kappa shape index (κ1) is 21.5. The zero-order valence-corrected chi connectivity index (χ0v) is 19.1. The third-order valence-corrected chi connectivity index (χ3v) is 9.62. The van der Waals surface area contributed by atoms with Gasteiger partial charge in [0.1, 0.15) is 0 Å². The molecule has 4 aliphatic carbocycles. The molecular formula is C26H30O6. The van der Waals surface area contributed by atoms with Crippen LogP contribution in [0.15, 0.2) is 40.7 Å². The number of ketones is 3. The molecule has 0 bridgehead atoms. The molecule has 0 amide bonds. The minimum Gasteiger partial charge on any atom is -0.472 e. The number of aliphatic hydroxyl groups is 2. The molecule has 0 radical (unpaired) electrons. The van der Waals surface area contributed by atoms with Gasteiger partial charge in [0.25, 0.3) is 0 Å². The van der Waals surface area contributed by atoms with Gasteiger partial charge in [-0.05, 0) is 30.6 Å². The normalized spacial score (nSPS) is 45.0. The number of carbonyl (C=O) groups is 3. The highest BCUT2D eigenvalue weighted by Gasteiger charge is 2.76. The number of hydrogen-bond donors (Lipinski definition) is 2. The lowest BCUT2D eigenvalue weighted by Crippen LogP contribution is -2.72. The molecule has 4 unspecified atom stereocenters. The van der Waals surface area contributed by atoms with E-state index in [1.807, 2.05) is 19.9 Å². The minimum atomic E-state index is -1.33. The Labute approximate surface area is 187 Å². The maximum Gasteiger partial charge on any atom is 0.205 e. The average Bonchev–Trinajstić information content (AvgIpc) is 3.32. The van der Waals surface area contributed by atoms with Crippen LogP contribution < -0.4 is 0 Å². The quantitative estimate of drug-likeness (QED) is 0.653. The Morgan fingerprint density at radius 1 is 1.00 bits per heavy atom. The molecule has 2 N–H and O–H groups in total. The monoisotopic (exact) mass is 438 g/mol. The second-order valence-corrected chi connectivity index (χ2v) is 11.3. The number of allylic oxidation sites excluding steroid dienone is 2. The summed E-state index contributed by atoms with van der Waals surface area (Å²) in [5.41, 5.74) is -1.79. The van der Waals surface area contributed by atoms with E-state index in [0.29, 0.717) is 12.8 Å². The first-order valence-corrected chi connectivity index (χ1v) is 11.3. The van der Waals surface area contributed by atoms with Crippen molar-refractivity contribution in [3.05, 3.63) is 41.9 Å². The number of aliphatic hydroxyl groups excluding tert-OH is 2. The van der Waals surface area contributed by atoms with Crippen molar-refractivity contribution in [1.29, 1.82) is 0 Å². The topological polar surface area (TPSA) is 105 Å². The Bertz CT molecular complexity index is 1110. The van der Waals surface area contributed by atoms with Crippen molar-refractivity contribution in [2.24, 2.45) is 33.5 Å². The van der Waals surface area contributed by atoms with Crippen molar-refractivity contribution in [1.82, 2.24) is 0 Å². The smallest absolute Gasteiger partial charge is 0.205 e. The summed E-state index contributed by atoms with van der Waals surface area (Å²) in [5.74, 6) is -2.83. The number of fused-ring (bicyclic) bond motifs is 5. The summed E-state index contributed by atoms with van der Waals surface area (Å²) in [6, 6.07) is 1.81. The molecule has 7 atom stereocenters. The lowest BCUT2D eigenvalue weighted by molar-refractivity contribution is -0.200. The molecule has 0 aromatic carbocycles. The number of hydrogen-bond acceptors (Lipinski definition) is 6. The first-order chi connectivity index (χ1) is 14.8. The van der Waals surface area contributed by atoms with Crippen LogP contribution in [-0.4, -0.2) is 39.8 Å². The van der Waals surface area contributed by atoms with Crippen molar-refractivity contribution < 1.29 is 29.0 Å². The third-order valence-electron chi connectivity index (χ3n) is 9.62. The molecule has 0 saturated heterocycles. The first-order valence-electron chi connectivity index (χ1n) is 11.3. The van der Waals surface area contributed by atoms with Gasteiger partial charge in [-0.2, -0.15) is 0 Å². The summed E-state index contributed by atoms with van der Waals surface area (Å²) in [5, 5.41) is 22.9. The second-order valence-electron chi connectivity index (χ2n) is 11.3. The predicted octanol–water partition coefficient (Wildman–Crippen LogP) is 3.13. The molecular weight excluding hydrogens is 408 g/mol. The molecule has 1 aromatic heterocycles. The second kappa shape index (κ2) is 6.17. The van der Waals surface area contributed by atoms with Gasteiger partial charge in [-0.3, -0.25) is 14.4 Å². The van der Waals surface area contributed by atoms with E-state index in [9.17, 15) is 24.6 Å². The molecule has 170 valence electrons. The van der Waals surface area contributed by atoms with Crippen molar-refractivity contribution in [3.8, 4) is 0 Å². The zero-order valence-electron chi connectivity index (χ0n) is 19.1. The molecule has 2 fully saturated rings. The fraction of sp³-hybridized carbons (Fsp3) is 0.577. The van der Waals surface area contributed by atoms with Crippen molar-refractivity contribution in [2.45, 2.75) is 59.7 Å². The van der Waals surface area contributed by atoms with Crippen LogP contribution in [-0.2, 0) is 14.4 Å². The molecule has 32 heavy (non-hydrogen) atoms. The Hall–Kier alpha value is -2.31. The maximum absolute atomic E-state index is 14.0. The van der Waals surface area contributed by atoms with E-state index >= 15 is 0 Å². The Kier molecular flexibility index (Phi) is 4.15. The van der Waals surface area contributed by atoms with Crippen LogP contribution >= 0.6 is 0 Å². The fourth-order valence-electron chi connectivity index (χ4n) is 7.97. The SMILES string of the molecule is CC1(C)C(=O)C=C[C@@]2(C)C1C(=O)C(=O)[C@]1(C)C2C(O)CC2=C(c3ccoc3)CC(O)[C@]21C. The lowest BCUT2D eigenvalue weighted by Gasteiger charge is -2.65. The molecule has 4 aliphatic rings. The molecule has 2 saturated carbocycles. The van der Waals surface area contributed by atoms with E-state index in [0.717, 1.165) is 16.7 Å². The molecule has 0 spiro atoms. The van der Waals surface area contributed by atoms with Crippen LogP contribution in [0.3, 0.4) is 0 Å². The van der Waals surface area contributed by atoms with Gasteiger partial charge in [-0.25, -0.2) is 0 Å². The van der Waals surface area contributed by atoms with Crippen molar-refractivity contribution >= 4 is 22.9 Å². The van der Waals surface area contributed by atoms with Gasteiger partial charge in [-0.1, -0.05) is 46.3 Å². The lowest BCUT2D eigenvalue weighted by atomic mass is 9.36. The Morgan fingerprint density at radius 3 is 2.31 bits per heavy atom. The minimum absolute atomic E-state index is 0.190. The molecule has 6 nitrogen and oxygen atoms in total. The van der Waals surface area contributed by atoms with Crippen molar-refractivity contribution in [2.75, 3.05) is 0 Å². The van der Waals surface area contributed by atoms with Crippen molar-refractivity contribution in [3.63, 3.8) is 0 Å². The molecule has 5 rings (SSSR count). The summed E-state index contributed by atoms with van der Waals surface area (Å²) in [6.45, 7) is 8.89. The van der Waals surface area contributed by atoms with E-state index in [1.54, 1.807) is 39.4 Å². The van der Waals surface area contributed by atoms with Crippen LogP contribution in [0.4, 0.5) is 0 Å². The van der Waals surface area contributed by atoms with Gasteiger partial charge in [0.15, 0.2) is 5.78 Å². The van der Waals surface area contributed by atoms with Crippen LogP contribution in [0.2, 0.25) is 0 Å². The van der Waals surface area contributed by atoms with Gasteiger partial charge in [-0.15, -0.1) is 0 Å². The highest BCUT2D eigenvalue weighted by atomic mass is 16.3. The van der Waals surface area contributed by atoms with Crippen LogP contribution in [0.25, 0.3) is 5.57 Å². The molecule has 0 aliphatic heterocycles. The summed E-state index contributed by atoms with van der Waals surface area (Å²) in [6.07, 6.45) is 5.21. The highest BCUT2D eigenvalue weighted by Crippen LogP contribution is 2.71. The summed E-state index contributed by atoms with van der Waals surface area (Å²) in [7, 11) is 0. The van der Waals surface area contributed by atoms with E-state index in [1.165, 1.54) is 6.08 Å². The number of furan rings is 1. The van der Waals surface area contributed by atoms with Crippen LogP contribution in [0, 0.1) is 33.5 Å².